The molecule has 2 unspecified atom stereocenters. The summed E-state index contributed by atoms with van der Waals surface area (Å²) in [5.41, 5.74) is 2.36. The van der Waals surface area contributed by atoms with Crippen LogP contribution in [0.25, 0.3) is 0 Å². The zero-order chi connectivity index (χ0) is 37.7. The minimum absolute atomic E-state index is 0.0504. The van der Waals surface area contributed by atoms with Crippen LogP contribution in [0.5, 0.6) is 51.7 Å². The van der Waals surface area contributed by atoms with Crippen LogP contribution in [0.15, 0.2) is 51.7 Å². The molecule has 14 nitrogen and oxygen atoms in total. The lowest BCUT2D eigenvalue weighted by Gasteiger charge is -2.38. The number of methoxy groups -OCH3 is 8. The lowest BCUT2D eigenvalue weighted by molar-refractivity contribution is -0.140. The minimum atomic E-state index is -1.03. The predicted octanol–water partition coefficient (Wildman–Crippen LogP) is 4.95. The van der Waals surface area contributed by atoms with Crippen molar-refractivity contribution in [3.8, 4) is 51.7 Å². The number of hydrogen-bond acceptors (Lipinski definition) is 14. The summed E-state index contributed by atoms with van der Waals surface area (Å²) in [5.74, 6) is -0.00902. The molecule has 52 heavy (non-hydrogen) atoms. The van der Waals surface area contributed by atoms with Crippen molar-refractivity contribution >= 4 is 5.97 Å². The van der Waals surface area contributed by atoms with Crippen LogP contribution in [0.3, 0.4) is 0 Å². The number of carbonyl (C=O) groups excluding carboxylic acids is 1. The smallest absolute Gasteiger partial charge is 0.306 e. The van der Waals surface area contributed by atoms with Gasteiger partial charge in [-0.05, 0) is 65.1 Å². The molecule has 0 aliphatic carbocycles. The molecule has 0 amide bonds. The van der Waals surface area contributed by atoms with E-state index < -0.39 is 29.1 Å². The number of phenolic OH excluding ortho intramolecular Hbond substituents is 1. The second-order valence-corrected chi connectivity index (χ2v) is 11.9. The Morgan fingerprint density at radius 1 is 0.750 bits per heavy atom. The highest BCUT2D eigenvalue weighted by atomic mass is 16.5. The van der Waals surface area contributed by atoms with Crippen molar-refractivity contribution in [2.24, 2.45) is 0 Å². The molecule has 0 bridgehead atoms. The number of benzene rings is 3. The Labute approximate surface area is 300 Å². The second-order valence-electron chi connectivity index (χ2n) is 11.9. The zero-order valence-corrected chi connectivity index (χ0v) is 30.4. The third kappa shape index (κ3) is 7.19. The van der Waals surface area contributed by atoms with Crippen LogP contribution in [0.4, 0.5) is 0 Å². The van der Waals surface area contributed by atoms with Crippen molar-refractivity contribution < 1.29 is 57.3 Å². The molecule has 5 rings (SSSR count). The molecule has 0 saturated carbocycles. The van der Waals surface area contributed by atoms with Crippen molar-refractivity contribution in [3.63, 3.8) is 0 Å². The highest BCUT2D eigenvalue weighted by Crippen LogP contribution is 2.47. The molecule has 0 spiro atoms. The van der Waals surface area contributed by atoms with E-state index in [1.165, 1.54) is 60.9 Å². The number of fused-ring (bicyclic) bond motifs is 1. The van der Waals surface area contributed by atoms with E-state index in [0.29, 0.717) is 47.3 Å². The molecule has 2 N–H and O–H groups in total. The van der Waals surface area contributed by atoms with E-state index in [4.69, 9.17) is 42.3 Å². The van der Waals surface area contributed by atoms with Gasteiger partial charge in [0.2, 0.25) is 22.7 Å². The van der Waals surface area contributed by atoms with E-state index in [-0.39, 0.29) is 41.7 Å². The second kappa shape index (κ2) is 16.1. The fraction of sp³-hybridized carbons (Fsp3) is 0.368. The molecular formula is C38H43NO13. The Bertz CT molecular complexity index is 1940. The number of esters is 1. The third-order valence-electron chi connectivity index (χ3n) is 9.15. The molecule has 4 aromatic rings. The zero-order valence-electron chi connectivity index (χ0n) is 30.4. The molecule has 3 aromatic carbocycles. The monoisotopic (exact) mass is 721 g/mol. The number of carbonyl (C=O) groups is 1. The van der Waals surface area contributed by atoms with Crippen LogP contribution >= 0.6 is 0 Å². The molecule has 278 valence electrons. The van der Waals surface area contributed by atoms with Crippen molar-refractivity contribution in [1.82, 2.24) is 4.90 Å². The number of phenols is 1. The van der Waals surface area contributed by atoms with E-state index in [2.05, 4.69) is 4.90 Å². The molecule has 1 aliphatic heterocycles. The highest BCUT2D eigenvalue weighted by molar-refractivity contribution is 5.71. The predicted molar refractivity (Wildman–Crippen MR) is 188 cm³/mol. The van der Waals surface area contributed by atoms with Crippen molar-refractivity contribution in [2.45, 2.75) is 31.3 Å². The quantitative estimate of drug-likeness (QED) is 0.168. The number of hydrogen-bond donors (Lipinski definition) is 2. The van der Waals surface area contributed by atoms with Gasteiger partial charge >= 0.3 is 5.97 Å². The van der Waals surface area contributed by atoms with Crippen LogP contribution in [0.2, 0.25) is 0 Å². The van der Waals surface area contributed by atoms with Crippen molar-refractivity contribution in [3.05, 3.63) is 86.5 Å². The Morgan fingerprint density at radius 3 is 1.87 bits per heavy atom. The van der Waals surface area contributed by atoms with Gasteiger partial charge in [-0.15, -0.1) is 0 Å². The largest absolute Gasteiger partial charge is 0.502 e. The molecule has 0 fully saturated rings. The average molecular weight is 722 g/mol. The van der Waals surface area contributed by atoms with Crippen molar-refractivity contribution in [2.75, 3.05) is 63.4 Å². The molecule has 0 saturated heterocycles. The number of ether oxygens (including phenoxy) is 8. The summed E-state index contributed by atoms with van der Waals surface area (Å²) in [7, 11) is 11.7. The summed E-state index contributed by atoms with van der Waals surface area (Å²) in [6.45, 7) is 0.618. The summed E-state index contributed by atoms with van der Waals surface area (Å²) in [6.07, 6.45) is 0.296. The molecular weight excluding hydrogens is 678 g/mol. The summed E-state index contributed by atoms with van der Waals surface area (Å²) in [4.78, 5) is 28.2. The maximum atomic E-state index is 13.4. The van der Waals surface area contributed by atoms with E-state index in [9.17, 15) is 19.8 Å². The molecule has 1 aliphatic rings. The van der Waals surface area contributed by atoms with E-state index >= 15 is 0 Å². The summed E-state index contributed by atoms with van der Waals surface area (Å²) < 4.78 is 50.3. The van der Waals surface area contributed by atoms with Gasteiger partial charge in [0, 0.05) is 12.6 Å². The van der Waals surface area contributed by atoms with Crippen LogP contribution in [0.1, 0.15) is 52.2 Å². The first-order valence-electron chi connectivity index (χ1n) is 16.2. The summed E-state index contributed by atoms with van der Waals surface area (Å²) >= 11 is 0. The Kier molecular flexibility index (Phi) is 11.6. The van der Waals surface area contributed by atoms with Crippen LogP contribution in [-0.2, 0) is 22.5 Å². The SMILES string of the molecule is COC(=O)CC(c1cc(OC)c(O)c(OC)c1)c1oc(CN2CCc3cc(OC)c(OC)cc3C2c2cc(OC)c(OC)c(OC)c2)cc(=O)c1O. The number of nitrogens with zero attached hydrogens (tertiary/aromatic N) is 1. The first kappa shape index (κ1) is 37.5. The average Bonchev–Trinajstić information content (AvgIpc) is 3.16. The number of rotatable bonds is 14. The normalized spacial score (nSPS) is 14.5. The fourth-order valence-electron chi connectivity index (χ4n) is 6.61. The van der Waals surface area contributed by atoms with Gasteiger partial charge in [0.15, 0.2) is 40.3 Å². The van der Waals surface area contributed by atoms with Gasteiger partial charge in [0.05, 0.1) is 81.8 Å². The highest BCUT2D eigenvalue weighted by Gasteiger charge is 2.34. The summed E-state index contributed by atoms with van der Waals surface area (Å²) in [6, 6.07) is 11.3. The van der Waals surface area contributed by atoms with Crippen molar-refractivity contribution in [1.29, 1.82) is 0 Å². The lowest BCUT2D eigenvalue weighted by Crippen LogP contribution is -2.36. The maximum absolute atomic E-state index is 13.4. The number of aromatic hydroxyl groups is 2. The molecule has 1 aromatic heterocycles. The standard InChI is InChI=1S/C38H43NO13/c1-44-27-11-20-9-10-39(34(24(20)17-28(27)45-2)22-14-31(48-5)38(51-8)32(15-22)49-6)19-23-16-26(40)35(42)37(52-23)25(18-33(41)50-7)21-12-29(46-3)36(43)30(13-21)47-4/h11-17,25,34,42-43H,9-10,18-19H2,1-8H3. The van der Waals surface area contributed by atoms with Gasteiger partial charge in [0.1, 0.15) is 5.76 Å². The Morgan fingerprint density at radius 2 is 1.33 bits per heavy atom. The van der Waals surface area contributed by atoms with Gasteiger partial charge in [0.25, 0.3) is 0 Å². The first-order valence-corrected chi connectivity index (χ1v) is 16.2. The van der Waals surface area contributed by atoms with Gasteiger partial charge in [-0.1, -0.05) is 0 Å². The molecule has 0 radical (unpaired) electrons. The minimum Gasteiger partial charge on any atom is -0.502 e. The van der Waals surface area contributed by atoms with Gasteiger partial charge in [-0.25, -0.2) is 0 Å². The van der Waals surface area contributed by atoms with Gasteiger partial charge < -0.3 is 52.5 Å². The third-order valence-corrected chi connectivity index (χ3v) is 9.15. The Balaban J connectivity index is 1.67. The van der Waals surface area contributed by atoms with E-state index in [1.54, 1.807) is 14.2 Å². The van der Waals surface area contributed by atoms with Gasteiger partial charge in [-0.2, -0.15) is 0 Å². The summed E-state index contributed by atoms with van der Waals surface area (Å²) in [5, 5.41) is 21.7. The van der Waals surface area contributed by atoms with Crippen LogP contribution in [-0.4, -0.2) is 84.5 Å². The van der Waals surface area contributed by atoms with E-state index in [1.807, 2.05) is 24.3 Å². The molecule has 14 heteroatoms. The Hall–Kier alpha value is -5.76. The van der Waals surface area contributed by atoms with Crippen LogP contribution < -0.4 is 38.6 Å². The molecule has 2 heterocycles. The van der Waals surface area contributed by atoms with E-state index in [0.717, 1.165) is 16.7 Å². The fourth-order valence-corrected chi connectivity index (χ4v) is 6.61. The molecule has 2 atom stereocenters. The first-order chi connectivity index (χ1) is 25.0. The van der Waals surface area contributed by atoms with Crippen LogP contribution in [0, 0.1) is 0 Å². The maximum Gasteiger partial charge on any atom is 0.306 e. The topological polar surface area (TPSA) is 165 Å². The lowest BCUT2D eigenvalue weighted by atomic mass is 9.87. The van der Waals surface area contributed by atoms with Gasteiger partial charge in [-0.3, -0.25) is 14.5 Å².